The fourth-order valence-corrected chi connectivity index (χ4v) is 5.16. The number of carbonyl (C=O) groups is 1. The number of hydrogen-bond acceptors (Lipinski definition) is 3. The Balaban J connectivity index is 1.38. The van der Waals surface area contributed by atoms with Gasteiger partial charge in [0.05, 0.1) is 11.0 Å². The second-order valence-electron chi connectivity index (χ2n) is 7.63. The first-order valence-electron chi connectivity index (χ1n) is 8.65. The molecule has 2 atom stereocenters. The molecule has 0 radical (unpaired) electrons. The molecule has 120 valence electrons. The van der Waals surface area contributed by atoms with Crippen LogP contribution < -0.4 is 5.32 Å². The highest BCUT2D eigenvalue weighted by Gasteiger charge is 2.47. The largest absolute Gasteiger partial charge is 0.349 e. The van der Waals surface area contributed by atoms with Crippen molar-refractivity contribution >= 4 is 16.9 Å². The number of benzene rings is 1. The molecule has 1 aliphatic carbocycles. The van der Waals surface area contributed by atoms with Crippen molar-refractivity contribution in [3.8, 4) is 0 Å². The molecule has 4 bridgehead atoms. The van der Waals surface area contributed by atoms with Crippen LogP contribution in [0.1, 0.15) is 29.0 Å². The summed E-state index contributed by atoms with van der Waals surface area (Å²) < 4.78 is 0. The van der Waals surface area contributed by atoms with Crippen LogP contribution in [0.2, 0.25) is 0 Å². The summed E-state index contributed by atoms with van der Waals surface area (Å²) in [5, 5.41) is 3.35. The number of aryl methyl sites for hydroxylation is 1. The summed E-state index contributed by atoms with van der Waals surface area (Å²) in [4.78, 5) is 22.9. The molecule has 2 aromatic rings. The van der Waals surface area contributed by atoms with Crippen LogP contribution in [0.5, 0.6) is 0 Å². The van der Waals surface area contributed by atoms with Gasteiger partial charge in [-0.3, -0.25) is 4.79 Å². The summed E-state index contributed by atoms with van der Waals surface area (Å²) >= 11 is 0. The Morgan fingerprint density at radius 3 is 2.78 bits per heavy atom. The lowest BCUT2D eigenvalue weighted by Crippen LogP contribution is -2.64. The van der Waals surface area contributed by atoms with Crippen molar-refractivity contribution in [2.24, 2.45) is 17.8 Å². The van der Waals surface area contributed by atoms with E-state index in [9.17, 15) is 4.79 Å². The number of hydrogen-bond donors (Lipinski definition) is 2. The van der Waals surface area contributed by atoms with Gasteiger partial charge in [0.25, 0.3) is 5.91 Å². The molecule has 1 amide bonds. The van der Waals surface area contributed by atoms with E-state index in [4.69, 9.17) is 0 Å². The maximum Gasteiger partial charge on any atom is 0.251 e. The summed E-state index contributed by atoms with van der Waals surface area (Å²) in [6.45, 7) is 5.54. The number of rotatable bonds is 2. The molecule has 6 rings (SSSR count). The number of nitrogens with zero attached hydrogens (tertiary/aromatic N) is 2. The van der Waals surface area contributed by atoms with Gasteiger partial charge in [0, 0.05) is 31.2 Å². The van der Waals surface area contributed by atoms with E-state index >= 15 is 0 Å². The van der Waals surface area contributed by atoms with Gasteiger partial charge in [-0.15, -0.1) is 0 Å². The summed E-state index contributed by atoms with van der Waals surface area (Å²) in [5.41, 5.74) is 2.59. The van der Waals surface area contributed by atoms with Crippen LogP contribution in [0, 0.1) is 24.7 Å². The molecule has 1 saturated carbocycles. The predicted molar refractivity (Wildman–Crippen MR) is 88.2 cm³/mol. The van der Waals surface area contributed by atoms with Crippen molar-refractivity contribution in [1.29, 1.82) is 0 Å². The molecule has 0 spiro atoms. The third-order valence-corrected chi connectivity index (χ3v) is 5.95. The van der Waals surface area contributed by atoms with Crippen molar-refractivity contribution < 1.29 is 4.79 Å². The molecule has 1 aromatic heterocycles. The van der Waals surface area contributed by atoms with E-state index in [1.165, 1.54) is 19.4 Å². The van der Waals surface area contributed by atoms with Crippen molar-refractivity contribution in [2.75, 3.05) is 19.6 Å². The van der Waals surface area contributed by atoms with Gasteiger partial charge in [0.15, 0.2) is 0 Å². The minimum absolute atomic E-state index is 0.0617. The van der Waals surface area contributed by atoms with Crippen molar-refractivity contribution in [3.05, 3.63) is 29.6 Å². The monoisotopic (exact) mass is 310 g/mol. The Morgan fingerprint density at radius 2 is 2.04 bits per heavy atom. The lowest BCUT2D eigenvalue weighted by Gasteiger charge is -2.55. The van der Waals surface area contributed by atoms with Crippen LogP contribution in [0.25, 0.3) is 11.0 Å². The number of aromatic amines is 1. The second-order valence-corrected chi connectivity index (χ2v) is 7.63. The first-order chi connectivity index (χ1) is 11.2. The Bertz CT molecular complexity index is 752. The van der Waals surface area contributed by atoms with Gasteiger partial charge < -0.3 is 15.2 Å². The summed E-state index contributed by atoms with van der Waals surface area (Å²) in [6.07, 6.45) is 2.58. The number of fused-ring (bicyclic) bond motifs is 1. The minimum atomic E-state index is 0.0617. The minimum Gasteiger partial charge on any atom is -0.349 e. The summed E-state index contributed by atoms with van der Waals surface area (Å²) in [7, 11) is 0. The quantitative estimate of drug-likeness (QED) is 0.891. The van der Waals surface area contributed by atoms with Gasteiger partial charge in [-0.1, -0.05) is 0 Å². The van der Waals surface area contributed by atoms with E-state index in [1.54, 1.807) is 0 Å². The molecular weight excluding hydrogens is 288 g/mol. The Hall–Kier alpha value is -1.88. The van der Waals surface area contributed by atoms with E-state index in [0.717, 1.165) is 41.4 Å². The average molecular weight is 310 g/mol. The lowest BCUT2D eigenvalue weighted by atomic mass is 9.65. The Kier molecular flexibility index (Phi) is 2.83. The molecular formula is C18H22N4O. The van der Waals surface area contributed by atoms with Gasteiger partial charge in [-0.25, -0.2) is 4.98 Å². The zero-order valence-electron chi connectivity index (χ0n) is 13.4. The van der Waals surface area contributed by atoms with Crippen LogP contribution >= 0.6 is 0 Å². The number of carbonyl (C=O) groups excluding carboxylic acids is 1. The van der Waals surface area contributed by atoms with E-state index in [0.29, 0.717) is 17.9 Å². The molecule has 23 heavy (non-hydrogen) atoms. The number of imidazole rings is 1. The van der Waals surface area contributed by atoms with Gasteiger partial charge in [0.1, 0.15) is 5.82 Å². The van der Waals surface area contributed by atoms with E-state index in [2.05, 4.69) is 20.2 Å². The predicted octanol–water partition coefficient (Wildman–Crippen LogP) is 1.94. The first-order valence-corrected chi connectivity index (χ1v) is 8.65. The van der Waals surface area contributed by atoms with Gasteiger partial charge in [0.2, 0.25) is 0 Å². The molecule has 4 fully saturated rings. The lowest BCUT2D eigenvalue weighted by molar-refractivity contribution is -0.0418. The van der Waals surface area contributed by atoms with E-state index < -0.39 is 0 Å². The molecule has 3 aliphatic heterocycles. The molecule has 0 unspecified atom stereocenters. The molecule has 1 aromatic carbocycles. The smallest absolute Gasteiger partial charge is 0.251 e. The average Bonchev–Trinajstić information content (AvgIpc) is 2.89. The second kappa shape index (κ2) is 4.81. The standard InChI is InChI=1S/C18H22N4O/c1-10-19-15-3-2-12(6-16(15)20-10)18(23)21-17-13-4-11-5-14(17)9-22(7-11)8-13/h2-3,6,11,13-14,17H,4-5,7-9H2,1H3,(H,19,20)(H,21,23)/t11?,13-,14-,17?/m1/s1. The topological polar surface area (TPSA) is 61.0 Å². The highest BCUT2D eigenvalue weighted by Crippen LogP contribution is 2.43. The number of piperidine rings is 3. The highest BCUT2D eigenvalue weighted by molar-refractivity contribution is 5.97. The molecule has 4 heterocycles. The molecule has 4 aliphatic rings. The zero-order valence-corrected chi connectivity index (χ0v) is 13.4. The maximum atomic E-state index is 12.7. The number of H-pyrrole nitrogens is 1. The Labute approximate surface area is 135 Å². The van der Waals surface area contributed by atoms with Crippen molar-refractivity contribution in [1.82, 2.24) is 20.2 Å². The molecule has 3 saturated heterocycles. The Morgan fingerprint density at radius 1 is 1.26 bits per heavy atom. The first kappa shape index (κ1) is 13.5. The number of amides is 1. The number of nitrogens with one attached hydrogen (secondary N) is 2. The van der Waals surface area contributed by atoms with Gasteiger partial charge in [-0.05, 0) is 55.7 Å². The van der Waals surface area contributed by atoms with E-state index in [1.807, 2.05) is 25.1 Å². The van der Waals surface area contributed by atoms with Crippen LogP contribution in [-0.2, 0) is 0 Å². The van der Waals surface area contributed by atoms with Gasteiger partial charge >= 0.3 is 0 Å². The van der Waals surface area contributed by atoms with Crippen LogP contribution in [-0.4, -0.2) is 46.5 Å². The highest BCUT2D eigenvalue weighted by atomic mass is 16.1. The van der Waals surface area contributed by atoms with Crippen LogP contribution in [0.3, 0.4) is 0 Å². The van der Waals surface area contributed by atoms with Crippen LogP contribution in [0.15, 0.2) is 18.2 Å². The summed E-state index contributed by atoms with van der Waals surface area (Å²) in [5.74, 6) is 3.09. The fraction of sp³-hybridized carbons (Fsp3) is 0.556. The molecule has 5 heteroatoms. The third kappa shape index (κ3) is 2.17. The van der Waals surface area contributed by atoms with Crippen molar-refractivity contribution in [2.45, 2.75) is 25.8 Å². The maximum absolute atomic E-state index is 12.7. The normalized spacial score (nSPS) is 34.9. The third-order valence-electron chi connectivity index (χ3n) is 5.95. The molecule has 5 nitrogen and oxygen atoms in total. The fourth-order valence-electron chi connectivity index (χ4n) is 5.16. The molecule has 2 N–H and O–H groups in total. The number of aromatic nitrogens is 2. The van der Waals surface area contributed by atoms with Gasteiger partial charge in [-0.2, -0.15) is 0 Å². The SMILES string of the molecule is Cc1nc2ccc(C(=O)NC3[C@@H]4CC5C[C@@H]3CN(C5)C4)cc2[nH]1. The van der Waals surface area contributed by atoms with Crippen LogP contribution in [0.4, 0.5) is 0 Å². The summed E-state index contributed by atoms with van der Waals surface area (Å²) in [6, 6.07) is 6.09. The van der Waals surface area contributed by atoms with Crippen molar-refractivity contribution in [3.63, 3.8) is 0 Å². The zero-order chi connectivity index (χ0) is 15.6. The van der Waals surface area contributed by atoms with E-state index in [-0.39, 0.29) is 5.91 Å².